The lowest BCUT2D eigenvalue weighted by Gasteiger charge is -2.19. The maximum atomic E-state index is 12.6. The molecule has 0 spiro atoms. The van der Waals surface area contributed by atoms with Gasteiger partial charge in [0.25, 0.3) is 0 Å². The molecule has 126 valence electrons. The highest BCUT2D eigenvalue weighted by atomic mass is 16.2. The Morgan fingerprint density at radius 1 is 1.38 bits per heavy atom. The van der Waals surface area contributed by atoms with Crippen LogP contribution in [0.1, 0.15) is 31.2 Å². The molecule has 1 aliphatic rings. The van der Waals surface area contributed by atoms with Gasteiger partial charge in [0.15, 0.2) is 0 Å². The predicted octanol–water partition coefficient (Wildman–Crippen LogP) is 1.84. The lowest BCUT2D eigenvalue weighted by molar-refractivity contribution is -0.127. The first-order chi connectivity index (χ1) is 11.6. The monoisotopic (exact) mass is 326 g/mol. The van der Waals surface area contributed by atoms with Gasteiger partial charge in [0.2, 0.25) is 11.8 Å². The number of nitrogens with zero attached hydrogens (tertiary/aromatic N) is 3. The van der Waals surface area contributed by atoms with E-state index in [1.54, 1.807) is 22.0 Å². The SMILES string of the molecule is CC[C@H](C(=O)N[C@H]1CCN(c2cnn(C)c2)C1=O)c1ccccc1. The zero-order valence-corrected chi connectivity index (χ0v) is 14.0. The fraction of sp³-hybridized carbons (Fsp3) is 0.389. The number of hydrogen-bond donors (Lipinski definition) is 1. The molecule has 6 nitrogen and oxygen atoms in total. The maximum absolute atomic E-state index is 12.6. The second kappa shape index (κ2) is 6.86. The topological polar surface area (TPSA) is 67.2 Å². The Bertz CT molecular complexity index is 726. The van der Waals surface area contributed by atoms with Crippen molar-refractivity contribution < 1.29 is 9.59 Å². The standard InChI is InChI=1S/C18H22N4O2/c1-3-15(13-7-5-4-6-8-13)17(23)20-16-9-10-22(18(16)24)14-11-19-21(2)12-14/h4-8,11-12,15-16H,3,9-10H2,1-2H3,(H,20,23)/t15-,16-/m0/s1. The number of amides is 2. The van der Waals surface area contributed by atoms with E-state index in [0.717, 1.165) is 11.3 Å². The molecule has 0 saturated carbocycles. The molecule has 1 saturated heterocycles. The summed E-state index contributed by atoms with van der Waals surface area (Å²) in [6, 6.07) is 9.22. The van der Waals surface area contributed by atoms with Crippen LogP contribution in [0.3, 0.4) is 0 Å². The van der Waals surface area contributed by atoms with Crippen molar-refractivity contribution in [3.63, 3.8) is 0 Å². The Morgan fingerprint density at radius 2 is 2.12 bits per heavy atom. The highest BCUT2D eigenvalue weighted by Crippen LogP contribution is 2.23. The van der Waals surface area contributed by atoms with Gasteiger partial charge in [-0.2, -0.15) is 5.10 Å². The van der Waals surface area contributed by atoms with E-state index in [0.29, 0.717) is 19.4 Å². The summed E-state index contributed by atoms with van der Waals surface area (Å²) in [6.45, 7) is 2.58. The van der Waals surface area contributed by atoms with Crippen molar-refractivity contribution >= 4 is 17.5 Å². The van der Waals surface area contributed by atoms with Gasteiger partial charge in [-0.1, -0.05) is 37.3 Å². The predicted molar refractivity (Wildman–Crippen MR) is 91.6 cm³/mol. The lowest BCUT2D eigenvalue weighted by Crippen LogP contribution is -2.43. The van der Waals surface area contributed by atoms with E-state index < -0.39 is 6.04 Å². The summed E-state index contributed by atoms with van der Waals surface area (Å²) >= 11 is 0. The van der Waals surface area contributed by atoms with Gasteiger partial charge in [-0.25, -0.2) is 0 Å². The van der Waals surface area contributed by atoms with Gasteiger partial charge in [-0.15, -0.1) is 0 Å². The lowest BCUT2D eigenvalue weighted by atomic mass is 9.95. The summed E-state index contributed by atoms with van der Waals surface area (Å²) in [7, 11) is 1.81. The van der Waals surface area contributed by atoms with E-state index in [-0.39, 0.29) is 17.7 Å². The molecule has 2 heterocycles. The van der Waals surface area contributed by atoms with Crippen LogP contribution in [0.5, 0.6) is 0 Å². The first kappa shape index (κ1) is 16.2. The summed E-state index contributed by atoms with van der Waals surface area (Å²) in [5.41, 5.74) is 1.75. The number of carbonyl (C=O) groups is 2. The van der Waals surface area contributed by atoms with E-state index in [9.17, 15) is 9.59 Å². The van der Waals surface area contributed by atoms with Crippen molar-refractivity contribution in [3.05, 3.63) is 48.3 Å². The van der Waals surface area contributed by atoms with E-state index >= 15 is 0 Å². The molecule has 0 aliphatic carbocycles. The molecule has 2 amide bonds. The Hall–Kier alpha value is -2.63. The van der Waals surface area contributed by atoms with Gasteiger partial charge >= 0.3 is 0 Å². The van der Waals surface area contributed by atoms with Crippen molar-refractivity contribution in [2.75, 3.05) is 11.4 Å². The molecule has 1 aliphatic heterocycles. The first-order valence-electron chi connectivity index (χ1n) is 8.25. The van der Waals surface area contributed by atoms with E-state index in [2.05, 4.69) is 10.4 Å². The normalized spacial score (nSPS) is 18.7. The maximum Gasteiger partial charge on any atom is 0.249 e. The van der Waals surface area contributed by atoms with Crippen LogP contribution >= 0.6 is 0 Å². The van der Waals surface area contributed by atoms with Crippen LogP contribution in [0.15, 0.2) is 42.7 Å². The minimum Gasteiger partial charge on any atom is -0.344 e. The molecule has 2 aromatic rings. The third kappa shape index (κ3) is 3.18. The van der Waals surface area contributed by atoms with Gasteiger partial charge in [-0.3, -0.25) is 14.3 Å². The van der Waals surface area contributed by atoms with Crippen molar-refractivity contribution in [1.82, 2.24) is 15.1 Å². The molecule has 3 rings (SSSR count). The minimum atomic E-state index is -0.463. The summed E-state index contributed by atoms with van der Waals surface area (Å²) in [6.07, 6.45) is 4.79. The number of anilines is 1. The number of nitrogens with one attached hydrogen (secondary N) is 1. The van der Waals surface area contributed by atoms with Crippen molar-refractivity contribution in [2.45, 2.75) is 31.7 Å². The van der Waals surface area contributed by atoms with Crippen molar-refractivity contribution in [1.29, 1.82) is 0 Å². The van der Waals surface area contributed by atoms with Crippen molar-refractivity contribution in [3.8, 4) is 0 Å². The molecule has 0 unspecified atom stereocenters. The average Bonchev–Trinajstić information content (AvgIpc) is 3.16. The van der Waals surface area contributed by atoms with Crippen molar-refractivity contribution in [2.24, 2.45) is 7.05 Å². The Labute approximate surface area is 141 Å². The summed E-state index contributed by atoms with van der Waals surface area (Å²) in [4.78, 5) is 26.9. The smallest absolute Gasteiger partial charge is 0.249 e. The number of benzene rings is 1. The second-order valence-electron chi connectivity index (χ2n) is 6.08. The highest BCUT2D eigenvalue weighted by Gasteiger charge is 2.35. The molecule has 1 aromatic carbocycles. The van der Waals surface area contributed by atoms with Gasteiger partial charge in [0, 0.05) is 19.8 Å². The van der Waals surface area contributed by atoms with E-state index in [1.807, 2.05) is 44.3 Å². The van der Waals surface area contributed by atoms with Crippen LogP contribution < -0.4 is 10.2 Å². The molecule has 24 heavy (non-hydrogen) atoms. The van der Waals surface area contributed by atoms with Crippen LogP contribution in [0.2, 0.25) is 0 Å². The molecule has 1 N–H and O–H groups in total. The molecule has 0 radical (unpaired) electrons. The molecule has 1 aromatic heterocycles. The Kier molecular flexibility index (Phi) is 4.64. The van der Waals surface area contributed by atoms with Crippen LogP contribution in [0, 0.1) is 0 Å². The third-order valence-electron chi connectivity index (χ3n) is 4.45. The van der Waals surface area contributed by atoms with Gasteiger partial charge in [0.1, 0.15) is 6.04 Å². The number of rotatable bonds is 5. The zero-order valence-electron chi connectivity index (χ0n) is 14.0. The van der Waals surface area contributed by atoms with Crippen LogP contribution in [0.4, 0.5) is 5.69 Å². The summed E-state index contributed by atoms with van der Waals surface area (Å²) in [5.74, 6) is -0.388. The van der Waals surface area contributed by atoms with Crippen LogP contribution in [0.25, 0.3) is 0 Å². The van der Waals surface area contributed by atoms with Gasteiger partial charge in [0.05, 0.1) is 17.8 Å². The van der Waals surface area contributed by atoms with Gasteiger partial charge in [-0.05, 0) is 18.4 Å². The molecule has 6 heteroatoms. The van der Waals surface area contributed by atoms with Crippen LogP contribution in [-0.2, 0) is 16.6 Å². The van der Waals surface area contributed by atoms with Crippen LogP contribution in [-0.4, -0.2) is 34.2 Å². The number of hydrogen-bond acceptors (Lipinski definition) is 3. The van der Waals surface area contributed by atoms with Gasteiger partial charge < -0.3 is 10.2 Å². The van der Waals surface area contributed by atoms with E-state index in [4.69, 9.17) is 0 Å². The fourth-order valence-electron chi connectivity index (χ4n) is 3.15. The Morgan fingerprint density at radius 3 is 2.75 bits per heavy atom. The minimum absolute atomic E-state index is 0.0701. The Balaban J connectivity index is 1.67. The quantitative estimate of drug-likeness (QED) is 0.911. The zero-order chi connectivity index (χ0) is 17.1. The number of aryl methyl sites for hydroxylation is 1. The molecular formula is C18H22N4O2. The second-order valence-corrected chi connectivity index (χ2v) is 6.08. The highest BCUT2D eigenvalue weighted by molar-refractivity contribution is 6.01. The number of carbonyl (C=O) groups excluding carboxylic acids is 2. The largest absolute Gasteiger partial charge is 0.344 e. The first-order valence-corrected chi connectivity index (χ1v) is 8.25. The molecule has 1 fully saturated rings. The average molecular weight is 326 g/mol. The summed E-state index contributed by atoms with van der Waals surface area (Å²) in [5, 5.41) is 7.03. The molecule has 2 atom stereocenters. The third-order valence-corrected chi connectivity index (χ3v) is 4.45. The molecular weight excluding hydrogens is 304 g/mol. The number of aromatic nitrogens is 2. The summed E-state index contributed by atoms with van der Waals surface area (Å²) < 4.78 is 1.66. The molecule has 0 bridgehead atoms. The van der Waals surface area contributed by atoms with E-state index in [1.165, 1.54) is 0 Å². The fourth-order valence-corrected chi connectivity index (χ4v) is 3.15.